The van der Waals surface area contributed by atoms with Crippen molar-refractivity contribution in [2.45, 2.75) is 108 Å². The van der Waals surface area contributed by atoms with Crippen LogP contribution in [0.1, 0.15) is 106 Å². The van der Waals surface area contributed by atoms with Crippen LogP contribution in [0, 0.1) is 23.7 Å². The van der Waals surface area contributed by atoms with Gasteiger partial charge in [-0.1, -0.05) is 106 Å². The van der Waals surface area contributed by atoms with E-state index >= 15 is 0 Å². The first kappa shape index (κ1) is 40.2. The maximum atomic E-state index is 13.3. The predicted molar refractivity (Wildman–Crippen MR) is 195 cm³/mol. The minimum Gasteiger partial charge on any atom is -0.481 e. The van der Waals surface area contributed by atoms with Crippen LogP contribution in [0.4, 0.5) is 17.6 Å². The number of carbonyl (C=O) groups is 2. The summed E-state index contributed by atoms with van der Waals surface area (Å²) in [5.41, 5.74) is 0.537. The predicted octanol–water partition coefficient (Wildman–Crippen LogP) is 10.9. The number of ether oxygens (including phenoxy) is 2. The Labute approximate surface area is 309 Å². The van der Waals surface area contributed by atoms with Crippen molar-refractivity contribution in [3.05, 3.63) is 119 Å². The van der Waals surface area contributed by atoms with E-state index < -0.39 is 48.2 Å². The Hall–Kier alpha value is -4.02. The first-order chi connectivity index (χ1) is 25.4. The Balaban J connectivity index is 0.000000204. The summed E-state index contributed by atoms with van der Waals surface area (Å²) < 4.78 is 63.1. The summed E-state index contributed by atoms with van der Waals surface area (Å²) in [6, 6.07) is 15.1. The molecule has 4 aliphatic rings. The molecule has 0 unspecified atom stereocenters. The second-order valence-electron chi connectivity index (χ2n) is 14.8. The third-order valence-electron chi connectivity index (χ3n) is 11.4. The quantitative estimate of drug-likeness (QED) is 0.176. The molecule has 286 valence electrons. The van der Waals surface area contributed by atoms with Crippen molar-refractivity contribution >= 4 is 11.9 Å². The van der Waals surface area contributed by atoms with Crippen molar-refractivity contribution < 1.29 is 46.8 Å². The Bertz CT molecular complexity index is 1640. The maximum Gasteiger partial charge on any atom is 0.346 e. The smallest absolute Gasteiger partial charge is 0.346 e. The number of carboxylic acid groups (broad SMARTS) is 2. The number of rotatable bonds is 11. The van der Waals surface area contributed by atoms with E-state index in [9.17, 15) is 32.3 Å². The molecule has 4 aliphatic carbocycles. The summed E-state index contributed by atoms with van der Waals surface area (Å²) in [4.78, 5) is 22.4. The molecule has 0 aliphatic heterocycles. The van der Waals surface area contributed by atoms with Crippen molar-refractivity contribution in [2.75, 3.05) is 0 Å². The molecule has 53 heavy (non-hydrogen) atoms. The molecule has 0 radical (unpaired) electrons. The summed E-state index contributed by atoms with van der Waals surface area (Å²) in [6.07, 6.45) is 21.4. The van der Waals surface area contributed by atoms with E-state index in [4.69, 9.17) is 14.6 Å². The lowest BCUT2D eigenvalue weighted by molar-refractivity contribution is -0.181. The fraction of sp³-hybridized carbons (Fsp3) is 0.488. The van der Waals surface area contributed by atoms with E-state index in [0.717, 1.165) is 68.4 Å². The van der Waals surface area contributed by atoms with Crippen LogP contribution in [0.25, 0.3) is 0 Å². The fourth-order valence-corrected chi connectivity index (χ4v) is 8.36. The first-order valence-electron chi connectivity index (χ1n) is 18.7. The Morgan fingerprint density at radius 1 is 0.642 bits per heavy atom. The van der Waals surface area contributed by atoms with Gasteiger partial charge in [0, 0.05) is 0 Å². The van der Waals surface area contributed by atoms with Crippen molar-refractivity contribution in [2.24, 2.45) is 23.7 Å². The van der Waals surface area contributed by atoms with Crippen LogP contribution in [-0.4, -0.2) is 35.4 Å². The molecular formula is C43H50F4O6. The molecule has 10 heteroatoms. The van der Waals surface area contributed by atoms with Crippen molar-refractivity contribution in [3.63, 3.8) is 0 Å². The van der Waals surface area contributed by atoms with E-state index in [2.05, 4.69) is 13.8 Å². The SMILES string of the molecule is CC1CCC(c2ccccc2C2(OC(F)F)C=CC(C(=O)O)C=C2)CC1.CCC1CCC(c2ccccc2C2(OC(F)F)C=CC(C(=O)O)C=C2)CC1. The zero-order chi connectivity index (χ0) is 38.2. The van der Waals surface area contributed by atoms with E-state index in [1.807, 2.05) is 48.5 Å². The van der Waals surface area contributed by atoms with Gasteiger partial charge in [0.15, 0.2) is 0 Å². The van der Waals surface area contributed by atoms with Gasteiger partial charge < -0.3 is 19.7 Å². The van der Waals surface area contributed by atoms with Gasteiger partial charge in [0.1, 0.15) is 11.2 Å². The normalized spacial score (nSPS) is 30.9. The molecule has 0 spiro atoms. The summed E-state index contributed by atoms with van der Waals surface area (Å²) in [6.45, 7) is -1.49. The average molecular weight is 739 g/mol. The van der Waals surface area contributed by atoms with Gasteiger partial charge in [0.2, 0.25) is 0 Å². The summed E-state index contributed by atoms with van der Waals surface area (Å²) in [7, 11) is 0. The number of alkyl halides is 4. The number of aliphatic carboxylic acids is 2. The van der Waals surface area contributed by atoms with Crippen LogP contribution in [0.3, 0.4) is 0 Å². The molecule has 0 aromatic heterocycles. The molecule has 2 N–H and O–H groups in total. The van der Waals surface area contributed by atoms with Crippen molar-refractivity contribution in [1.29, 1.82) is 0 Å². The lowest BCUT2D eigenvalue weighted by Crippen LogP contribution is -2.32. The van der Waals surface area contributed by atoms with E-state index in [0.29, 0.717) is 28.9 Å². The van der Waals surface area contributed by atoms with Gasteiger partial charge in [-0.2, -0.15) is 17.6 Å². The van der Waals surface area contributed by atoms with Crippen LogP contribution in [0.15, 0.2) is 97.1 Å². The van der Waals surface area contributed by atoms with Gasteiger partial charge in [-0.25, -0.2) is 0 Å². The lowest BCUT2D eigenvalue weighted by atomic mass is 9.73. The lowest BCUT2D eigenvalue weighted by Gasteiger charge is -2.36. The van der Waals surface area contributed by atoms with Crippen LogP contribution in [0.5, 0.6) is 0 Å². The van der Waals surface area contributed by atoms with Gasteiger partial charge in [-0.15, -0.1) is 0 Å². The number of benzene rings is 2. The highest BCUT2D eigenvalue weighted by atomic mass is 19.3. The average Bonchev–Trinajstić information content (AvgIpc) is 3.15. The maximum absolute atomic E-state index is 13.3. The summed E-state index contributed by atoms with van der Waals surface area (Å²) in [5, 5.41) is 18.3. The summed E-state index contributed by atoms with van der Waals surface area (Å²) >= 11 is 0. The van der Waals surface area contributed by atoms with Gasteiger partial charge in [-0.05, 0) is 109 Å². The largest absolute Gasteiger partial charge is 0.481 e. The minimum absolute atomic E-state index is 0.305. The molecule has 0 saturated heterocycles. The Morgan fingerprint density at radius 2 is 1.00 bits per heavy atom. The second-order valence-corrected chi connectivity index (χ2v) is 14.8. The van der Waals surface area contributed by atoms with Crippen LogP contribution >= 0.6 is 0 Å². The van der Waals surface area contributed by atoms with Crippen LogP contribution in [-0.2, 0) is 30.3 Å². The van der Waals surface area contributed by atoms with E-state index in [1.54, 1.807) is 0 Å². The van der Waals surface area contributed by atoms with E-state index in [-0.39, 0.29) is 0 Å². The topological polar surface area (TPSA) is 93.1 Å². The fourth-order valence-electron chi connectivity index (χ4n) is 8.36. The van der Waals surface area contributed by atoms with Crippen LogP contribution < -0.4 is 0 Å². The second kappa shape index (κ2) is 17.9. The highest BCUT2D eigenvalue weighted by Gasteiger charge is 2.39. The van der Waals surface area contributed by atoms with Gasteiger partial charge in [-0.3, -0.25) is 9.59 Å². The molecule has 6 nitrogen and oxygen atoms in total. The molecule has 0 atom stereocenters. The molecule has 0 amide bonds. The molecule has 2 aromatic carbocycles. The number of halogens is 4. The van der Waals surface area contributed by atoms with Crippen molar-refractivity contribution in [3.8, 4) is 0 Å². The Kier molecular flexibility index (Phi) is 13.5. The highest BCUT2D eigenvalue weighted by molar-refractivity contribution is 5.75. The number of hydrogen-bond donors (Lipinski definition) is 2. The molecule has 0 bridgehead atoms. The van der Waals surface area contributed by atoms with Crippen molar-refractivity contribution in [1.82, 2.24) is 0 Å². The van der Waals surface area contributed by atoms with E-state index in [1.165, 1.54) is 55.0 Å². The molecule has 2 saturated carbocycles. The van der Waals surface area contributed by atoms with Gasteiger partial charge in [0.05, 0.1) is 11.8 Å². The third-order valence-corrected chi connectivity index (χ3v) is 11.4. The minimum atomic E-state index is -2.97. The number of hydrogen-bond acceptors (Lipinski definition) is 4. The van der Waals surface area contributed by atoms with Gasteiger partial charge in [0.25, 0.3) is 0 Å². The zero-order valence-corrected chi connectivity index (χ0v) is 30.3. The third kappa shape index (κ3) is 9.75. The van der Waals surface area contributed by atoms with Crippen LogP contribution in [0.2, 0.25) is 0 Å². The molecule has 2 fully saturated rings. The monoisotopic (exact) mass is 738 g/mol. The Morgan fingerprint density at radius 3 is 1.34 bits per heavy atom. The first-order valence-corrected chi connectivity index (χ1v) is 18.7. The highest BCUT2D eigenvalue weighted by Crippen LogP contribution is 2.45. The number of carboxylic acids is 2. The molecular weight excluding hydrogens is 688 g/mol. The van der Waals surface area contributed by atoms with Gasteiger partial charge >= 0.3 is 25.2 Å². The molecule has 2 aromatic rings. The molecule has 0 heterocycles. The summed E-state index contributed by atoms with van der Waals surface area (Å²) in [5.74, 6) is -1.64. The molecule has 6 rings (SSSR count). The standard InChI is InChI=1S/C22H26F2O3.C21H24F2O3/c1-2-15-7-9-16(10-8-15)18-5-3-4-6-19(18)22(27-21(23)24)13-11-17(12-14-22)20(25)26;1-14-6-8-15(9-7-14)17-4-2-3-5-18(17)21(26-20(22)23)12-10-16(11-13-21)19(24)25/h3-6,11-17,21H,2,7-10H2,1H3,(H,25,26);2-5,10-16,20H,6-9H2,1H3,(H,24,25). The zero-order valence-electron chi connectivity index (χ0n) is 30.3.